The normalized spacial score (nSPS) is 16.2. The van der Waals surface area contributed by atoms with Gasteiger partial charge in [-0.1, -0.05) is 18.2 Å². The van der Waals surface area contributed by atoms with Crippen molar-refractivity contribution in [2.45, 2.75) is 38.8 Å². The summed E-state index contributed by atoms with van der Waals surface area (Å²) in [5.74, 6) is -0.315. The fourth-order valence-electron chi connectivity index (χ4n) is 2.32. The van der Waals surface area contributed by atoms with Crippen molar-refractivity contribution in [3.8, 4) is 0 Å². The van der Waals surface area contributed by atoms with Gasteiger partial charge in [-0.15, -0.1) is 0 Å². The molecule has 1 fully saturated rings. The van der Waals surface area contributed by atoms with Gasteiger partial charge in [0, 0.05) is 18.2 Å². The molecule has 1 unspecified atom stereocenters. The Hall–Kier alpha value is -1.42. The molecule has 0 bridgehead atoms. The minimum Gasteiger partial charge on any atom is -0.372 e. The summed E-state index contributed by atoms with van der Waals surface area (Å²) in [4.78, 5) is 14.0. The highest BCUT2D eigenvalue weighted by Gasteiger charge is 2.36. The van der Waals surface area contributed by atoms with Gasteiger partial charge in [-0.3, -0.25) is 4.79 Å². The first kappa shape index (κ1) is 14.0. The van der Waals surface area contributed by atoms with Crippen molar-refractivity contribution < 1.29 is 13.9 Å². The minimum absolute atomic E-state index is 0.0555. The molecule has 0 aliphatic heterocycles. The molecule has 1 aliphatic rings. The van der Waals surface area contributed by atoms with E-state index in [2.05, 4.69) is 0 Å². The summed E-state index contributed by atoms with van der Waals surface area (Å²) >= 11 is 0. The van der Waals surface area contributed by atoms with Gasteiger partial charge in [0.25, 0.3) is 0 Å². The van der Waals surface area contributed by atoms with E-state index in [0.717, 1.165) is 12.8 Å². The monoisotopic (exact) mass is 265 g/mol. The van der Waals surface area contributed by atoms with Crippen LogP contribution in [-0.2, 0) is 9.53 Å². The third-order valence-corrected chi connectivity index (χ3v) is 3.43. The fourth-order valence-corrected chi connectivity index (χ4v) is 2.32. The molecule has 104 valence electrons. The average molecular weight is 265 g/mol. The Morgan fingerprint density at radius 2 is 2.16 bits per heavy atom. The Morgan fingerprint density at radius 3 is 2.74 bits per heavy atom. The molecule has 1 aromatic rings. The van der Waals surface area contributed by atoms with Crippen LogP contribution in [0.2, 0.25) is 0 Å². The zero-order valence-electron chi connectivity index (χ0n) is 11.4. The van der Waals surface area contributed by atoms with Crippen LogP contribution in [0.5, 0.6) is 0 Å². The fraction of sp³-hybridized carbons (Fsp3) is 0.533. The number of carbonyl (C=O) groups excluding carboxylic acids is 1. The second-order valence-electron chi connectivity index (χ2n) is 4.87. The summed E-state index contributed by atoms with van der Waals surface area (Å²) in [6, 6.07) is 6.62. The molecule has 19 heavy (non-hydrogen) atoms. The zero-order chi connectivity index (χ0) is 13.8. The van der Waals surface area contributed by atoms with Crippen LogP contribution < -0.4 is 0 Å². The molecule has 3 nitrogen and oxygen atoms in total. The number of carbonyl (C=O) groups is 1. The lowest BCUT2D eigenvalue weighted by Gasteiger charge is -2.30. The lowest BCUT2D eigenvalue weighted by Crippen LogP contribution is -2.38. The Kier molecular flexibility index (Phi) is 4.53. The molecular weight excluding hydrogens is 245 g/mol. The topological polar surface area (TPSA) is 29.5 Å². The van der Waals surface area contributed by atoms with E-state index in [1.54, 1.807) is 23.1 Å². The van der Waals surface area contributed by atoms with Crippen LogP contribution in [0.1, 0.15) is 38.3 Å². The van der Waals surface area contributed by atoms with Crippen LogP contribution in [0.3, 0.4) is 0 Å². The molecule has 4 heteroatoms. The third kappa shape index (κ3) is 3.32. The predicted molar refractivity (Wildman–Crippen MR) is 71.2 cm³/mol. The zero-order valence-corrected chi connectivity index (χ0v) is 11.4. The average Bonchev–Trinajstić information content (AvgIpc) is 3.21. The maximum atomic E-state index is 13.8. The van der Waals surface area contributed by atoms with Crippen molar-refractivity contribution in [3.05, 3.63) is 35.6 Å². The number of rotatable bonds is 6. The smallest absolute Gasteiger partial charge is 0.249 e. The highest BCUT2D eigenvalue weighted by Crippen LogP contribution is 2.35. The summed E-state index contributed by atoms with van der Waals surface area (Å²) in [5, 5.41) is 0. The molecule has 1 atom stereocenters. The van der Waals surface area contributed by atoms with Gasteiger partial charge in [0.15, 0.2) is 0 Å². The quantitative estimate of drug-likeness (QED) is 0.791. The molecule has 1 saturated carbocycles. The number of nitrogens with zero attached hydrogens (tertiary/aromatic N) is 1. The SMILES string of the molecule is CCOCC(=O)N(C1CC1)C(C)c1ccccc1F. The van der Waals surface area contributed by atoms with Crippen molar-refractivity contribution >= 4 is 5.91 Å². The van der Waals surface area contributed by atoms with E-state index in [4.69, 9.17) is 4.74 Å². The number of hydrogen-bond acceptors (Lipinski definition) is 2. The molecule has 0 N–H and O–H groups in total. The van der Waals surface area contributed by atoms with Crippen molar-refractivity contribution in [1.29, 1.82) is 0 Å². The van der Waals surface area contributed by atoms with Gasteiger partial charge < -0.3 is 9.64 Å². The predicted octanol–water partition coefficient (Wildman–Crippen LogP) is 2.91. The van der Waals surface area contributed by atoms with Gasteiger partial charge in [-0.05, 0) is 32.8 Å². The van der Waals surface area contributed by atoms with E-state index < -0.39 is 0 Å². The van der Waals surface area contributed by atoms with E-state index in [1.165, 1.54) is 6.07 Å². The summed E-state index contributed by atoms with van der Waals surface area (Å²) in [7, 11) is 0. The van der Waals surface area contributed by atoms with Crippen LogP contribution >= 0.6 is 0 Å². The van der Waals surface area contributed by atoms with Gasteiger partial charge in [0.1, 0.15) is 12.4 Å². The first-order valence-corrected chi connectivity index (χ1v) is 6.78. The van der Waals surface area contributed by atoms with Crippen molar-refractivity contribution in [2.75, 3.05) is 13.2 Å². The van der Waals surface area contributed by atoms with Crippen LogP contribution in [0, 0.1) is 5.82 Å². The van der Waals surface area contributed by atoms with Crippen molar-refractivity contribution in [3.63, 3.8) is 0 Å². The lowest BCUT2D eigenvalue weighted by molar-refractivity contribution is -0.138. The van der Waals surface area contributed by atoms with E-state index in [9.17, 15) is 9.18 Å². The van der Waals surface area contributed by atoms with Crippen molar-refractivity contribution in [1.82, 2.24) is 4.90 Å². The second-order valence-corrected chi connectivity index (χ2v) is 4.87. The van der Waals surface area contributed by atoms with Gasteiger partial charge in [-0.25, -0.2) is 4.39 Å². The molecule has 0 spiro atoms. The van der Waals surface area contributed by atoms with E-state index >= 15 is 0 Å². The minimum atomic E-state index is -0.259. The molecule has 0 radical (unpaired) electrons. The molecule has 1 amide bonds. The number of benzene rings is 1. The van der Waals surface area contributed by atoms with Crippen LogP contribution in [-0.4, -0.2) is 30.1 Å². The summed E-state index contributed by atoms with van der Waals surface area (Å²) < 4.78 is 19.0. The maximum Gasteiger partial charge on any atom is 0.249 e. The van der Waals surface area contributed by atoms with Crippen molar-refractivity contribution in [2.24, 2.45) is 0 Å². The van der Waals surface area contributed by atoms with Gasteiger partial charge in [-0.2, -0.15) is 0 Å². The number of hydrogen-bond donors (Lipinski definition) is 0. The van der Waals surface area contributed by atoms with E-state index in [-0.39, 0.29) is 30.4 Å². The Balaban J connectivity index is 2.15. The number of ether oxygens (including phenoxy) is 1. The summed E-state index contributed by atoms with van der Waals surface area (Å²) in [6.07, 6.45) is 1.99. The Bertz CT molecular complexity index is 446. The third-order valence-electron chi connectivity index (χ3n) is 3.43. The highest BCUT2D eigenvalue weighted by molar-refractivity contribution is 5.78. The molecular formula is C15H20FNO2. The summed E-state index contributed by atoms with van der Waals surface area (Å²) in [5.41, 5.74) is 0.569. The lowest BCUT2D eigenvalue weighted by atomic mass is 10.1. The second kappa shape index (κ2) is 6.15. The van der Waals surface area contributed by atoms with Gasteiger partial charge in [0.05, 0.1) is 6.04 Å². The Labute approximate surface area is 113 Å². The van der Waals surface area contributed by atoms with E-state index in [1.807, 2.05) is 13.8 Å². The molecule has 0 heterocycles. The van der Waals surface area contributed by atoms with Crippen LogP contribution in [0.4, 0.5) is 4.39 Å². The van der Waals surface area contributed by atoms with Crippen LogP contribution in [0.25, 0.3) is 0 Å². The molecule has 2 rings (SSSR count). The Morgan fingerprint density at radius 1 is 1.47 bits per heavy atom. The maximum absolute atomic E-state index is 13.8. The molecule has 1 aromatic carbocycles. The van der Waals surface area contributed by atoms with E-state index in [0.29, 0.717) is 12.2 Å². The largest absolute Gasteiger partial charge is 0.372 e. The first-order valence-electron chi connectivity index (χ1n) is 6.78. The summed E-state index contributed by atoms with van der Waals surface area (Å²) in [6.45, 7) is 4.32. The number of halogens is 1. The number of amides is 1. The highest BCUT2D eigenvalue weighted by atomic mass is 19.1. The van der Waals surface area contributed by atoms with Gasteiger partial charge in [0.2, 0.25) is 5.91 Å². The molecule has 0 aromatic heterocycles. The molecule has 1 aliphatic carbocycles. The molecule has 0 saturated heterocycles. The standard InChI is InChI=1S/C15H20FNO2/c1-3-19-10-15(18)17(12-8-9-12)11(2)13-6-4-5-7-14(13)16/h4-7,11-12H,3,8-10H2,1-2H3. The van der Waals surface area contributed by atoms with Crippen LogP contribution in [0.15, 0.2) is 24.3 Å². The first-order chi connectivity index (χ1) is 9.15. The van der Waals surface area contributed by atoms with Gasteiger partial charge >= 0.3 is 0 Å².